The van der Waals surface area contributed by atoms with Crippen LogP contribution in [0, 0.1) is 12.7 Å². The van der Waals surface area contributed by atoms with Crippen molar-refractivity contribution >= 4 is 21.8 Å². The van der Waals surface area contributed by atoms with Crippen molar-refractivity contribution < 1.29 is 9.18 Å². The first kappa shape index (κ1) is 15.6. The highest BCUT2D eigenvalue weighted by molar-refractivity contribution is 9.10. The van der Waals surface area contributed by atoms with Crippen LogP contribution in [0.2, 0.25) is 0 Å². The Balaban J connectivity index is 2.31. The number of amides is 1. The fraction of sp³-hybridized carbons (Fsp3) is 0.385. The Hall–Kier alpha value is -1.83. The standard InChI is InChI=1S/C13H15BrFN5O/c1-4-13(3,12-17-19-20-18-12)16-11(21)8-6-5-7(2)10(15)9(8)14/h5-6H,4H2,1-3H3,(H,16,21)(H,17,18,19,20). The van der Waals surface area contributed by atoms with Crippen molar-refractivity contribution in [1.29, 1.82) is 0 Å². The average molecular weight is 356 g/mol. The van der Waals surface area contributed by atoms with Gasteiger partial charge in [0.15, 0.2) is 5.82 Å². The van der Waals surface area contributed by atoms with E-state index in [-0.39, 0.29) is 10.0 Å². The van der Waals surface area contributed by atoms with Crippen molar-refractivity contribution in [1.82, 2.24) is 25.9 Å². The summed E-state index contributed by atoms with van der Waals surface area (Å²) in [6.07, 6.45) is 0.560. The minimum absolute atomic E-state index is 0.145. The Morgan fingerprint density at radius 2 is 2.24 bits per heavy atom. The summed E-state index contributed by atoms with van der Waals surface area (Å²) in [5.74, 6) is -0.475. The maximum atomic E-state index is 13.9. The molecule has 0 fully saturated rings. The van der Waals surface area contributed by atoms with Gasteiger partial charge in [0, 0.05) is 0 Å². The predicted octanol–water partition coefficient (Wildman–Crippen LogP) is 2.46. The number of halogens is 2. The number of tetrazole rings is 1. The third-order valence-corrected chi connectivity index (χ3v) is 4.23. The van der Waals surface area contributed by atoms with E-state index in [0.717, 1.165) is 0 Å². The second kappa shape index (κ2) is 5.88. The van der Waals surface area contributed by atoms with Gasteiger partial charge in [0.1, 0.15) is 11.4 Å². The number of aromatic nitrogens is 4. The molecule has 21 heavy (non-hydrogen) atoms. The summed E-state index contributed by atoms with van der Waals surface area (Å²) in [4.78, 5) is 12.4. The first-order chi connectivity index (χ1) is 9.89. The van der Waals surface area contributed by atoms with E-state index in [1.807, 2.05) is 6.92 Å². The first-order valence-electron chi connectivity index (χ1n) is 6.40. The minimum Gasteiger partial charge on any atom is -0.339 e. The molecule has 1 amide bonds. The quantitative estimate of drug-likeness (QED) is 0.882. The summed E-state index contributed by atoms with van der Waals surface area (Å²) in [7, 11) is 0. The van der Waals surface area contributed by atoms with Crippen LogP contribution in [0.1, 0.15) is 42.0 Å². The van der Waals surface area contributed by atoms with Gasteiger partial charge in [-0.3, -0.25) is 4.79 Å². The number of rotatable bonds is 4. The number of aryl methyl sites for hydroxylation is 1. The van der Waals surface area contributed by atoms with Crippen molar-refractivity contribution in [2.24, 2.45) is 0 Å². The molecule has 2 rings (SSSR count). The number of nitrogens with one attached hydrogen (secondary N) is 2. The van der Waals surface area contributed by atoms with Crippen molar-refractivity contribution in [3.63, 3.8) is 0 Å². The van der Waals surface area contributed by atoms with E-state index in [0.29, 0.717) is 17.8 Å². The smallest absolute Gasteiger partial charge is 0.253 e. The number of hydrogen-bond donors (Lipinski definition) is 2. The summed E-state index contributed by atoms with van der Waals surface area (Å²) in [5.41, 5.74) is -0.0960. The Morgan fingerprint density at radius 3 is 2.81 bits per heavy atom. The molecule has 0 radical (unpaired) electrons. The largest absolute Gasteiger partial charge is 0.339 e. The van der Waals surface area contributed by atoms with Gasteiger partial charge in [-0.1, -0.05) is 18.2 Å². The van der Waals surface area contributed by atoms with Crippen LogP contribution in [-0.4, -0.2) is 26.5 Å². The minimum atomic E-state index is -0.787. The number of carbonyl (C=O) groups excluding carboxylic acids is 1. The molecule has 2 aromatic rings. The Bertz CT molecular complexity index is 661. The third kappa shape index (κ3) is 2.94. The van der Waals surface area contributed by atoms with Crippen LogP contribution >= 0.6 is 15.9 Å². The average Bonchev–Trinajstić information content (AvgIpc) is 2.99. The monoisotopic (exact) mass is 355 g/mol. The number of hydrogen-bond acceptors (Lipinski definition) is 4. The first-order valence-corrected chi connectivity index (χ1v) is 7.19. The Kier molecular flexibility index (Phi) is 4.36. The van der Waals surface area contributed by atoms with E-state index in [1.165, 1.54) is 0 Å². The van der Waals surface area contributed by atoms with Gasteiger partial charge >= 0.3 is 0 Å². The predicted molar refractivity (Wildman–Crippen MR) is 78.1 cm³/mol. The van der Waals surface area contributed by atoms with E-state index in [1.54, 1.807) is 26.0 Å². The SMILES string of the molecule is CCC(C)(NC(=O)c1ccc(C)c(F)c1Br)c1nn[nH]n1. The van der Waals surface area contributed by atoms with Crippen LogP contribution in [0.15, 0.2) is 16.6 Å². The molecule has 0 aliphatic rings. The lowest BCUT2D eigenvalue weighted by Gasteiger charge is -2.26. The molecule has 0 spiro atoms. The molecule has 1 unspecified atom stereocenters. The summed E-state index contributed by atoms with van der Waals surface area (Å²) >= 11 is 3.12. The van der Waals surface area contributed by atoms with Gasteiger partial charge < -0.3 is 5.32 Å². The highest BCUT2D eigenvalue weighted by Crippen LogP contribution is 2.26. The zero-order valence-corrected chi connectivity index (χ0v) is 13.5. The lowest BCUT2D eigenvalue weighted by atomic mass is 9.97. The van der Waals surface area contributed by atoms with E-state index in [4.69, 9.17) is 0 Å². The molecule has 2 N–H and O–H groups in total. The van der Waals surface area contributed by atoms with Crippen LogP contribution < -0.4 is 5.32 Å². The summed E-state index contributed by atoms with van der Waals surface area (Å²) in [5, 5.41) is 16.5. The van der Waals surface area contributed by atoms with Crippen molar-refractivity contribution in [2.45, 2.75) is 32.7 Å². The summed E-state index contributed by atoms with van der Waals surface area (Å²) in [6.45, 7) is 5.31. The van der Waals surface area contributed by atoms with Crippen molar-refractivity contribution in [2.75, 3.05) is 0 Å². The van der Waals surface area contributed by atoms with Gasteiger partial charge in [-0.15, -0.1) is 10.2 Å². The molecule has 6 nitrogen and oxygen atoms in total. The molecule has 0 aliphatic heterocycles. The van der Waals surface area contributed by atoms with E-state index in [9.17, 15) is 9.18 Å². The van der Waals surface area contributed by atoms with Crippen LogP contribution in [0.5, 0.6) is 0 Å². The number of aromatic amines is 1. The molecule has 8 heteroatoms. The second-order valence-electron chi connectivity index (χ2n) is 4.93. The molecule has 0 saturated heterocycles. The van der Waals surface area contributed by atoms with Crippen molar-refractivity contribution in [3.05, 3.63) is 39.4 Å². The van der Waals surface area contributed by atoms with Crippen LogP contribution in [-0.2, 0) is 5.54 Å². The second-order valence-corrected chi connectivity index (χ2v) is 5.73. The van der Waals surface area contributed by atoms with Gasteiger partial charge in [-0.05, 0) is 47.8 Å². The summed E-state index contributed by atoms with van der Waals surface area (Å²) < 4.78 is 14.0. The van der Waals surface area contributed by atoms with Gasteiger partial charge in [0.2, 0.25) is 0 Å². The number of H-pyrrole nitrogens is 1. The number of benzene rings is 1. The Morgan fingerprint density at radius 1 is 1.52 bits per heavy atom. The molecule has 1 heterocycles. The van der Waals surface area contributed by atoms with Crippen LogP contribution in [0.25, 0.3) is 0 Å². The molecule has 0 bridgehead atoms. The molecule has 0 saturated carbocycles. The lowest BCUT2D eigenvalue weighted by Crippen LogP contribution is -2.44. The topological polar surface area (TPSA) is 83.6 Å². The molecule has 1 aromatic heterocycles. The lowest BCUT2D eigenvalue weighted by molar-refractivity contribution is 0.0896. The number of carbonyl (C=O) groups is 1. The van der Waals surface area contributed by atoms with Gasteiger partial charge in [0.05, 0.1) is 10.0 Å². The van der Waals surface area contributed by atoms with Gasteiger partial charge in [0.25, 0.3) is 5.91 Å². The van der Waals surface area contributed by atoms with Crippen LogP contribution in [0.3, 0.4) is 0 Å². The van der Waals surface area contributed by atoms with E-state index >= 15 is 0 Å². The Labute approximate surface area is 129 Å². The molecule has 112 valence electrons. The zero-order valence-electron chi connectivity index (χ0n) is 11.9. The maximum Gasteiger partial charge on any atom is 0.253 e. The maximum absolute atomic E-state index is 13.9. The van der Waals surface area contributed by atoms with Gasteiger partial charge in [-0.2, -0.15) is 5.21 Å². The van der Waals surface area contributed by atoms with Crippen LogP contribution in [0.4, 0.5) is 4.39 Å². The summed E-state index contributed by atoms with van der Waals surface area (Å²) in [6, 6.07) is 3.14. The molecular formula is C13H15BrFN5O. The molecule has 0 aliphatic carbocycles. The fourth-order valence-electron chi connectivity index (χ4n) is 1.84. The third-order valence-electron chi connectivity index (χ3n) is 3.46. The fourth-order valence-corrected chi connectivity index (χ4v) is 2.46. The number of nitrogens with zero attached hydrogens (tertiary/aromatic N) is 3. The van der Waals surface area contributed by atoms with Crippen molar-refractivity contribution in [3.8, 4) is 0 Å². The van der Waals surface area contributed by atoms with Gasteiger partial charge in [-0.25, -0.2) is 4.39 Å². The molecule has 1 atom stereocenters. The van der Waals surface area contributed by atoms with E-state index in [2.05, 4.69) is 41.9 Å². The molecular weight excluding hydrogens is 341 g/mol. The highest BCUT2D eigenvalue weighted by Gasteiger charge is 2.32. The van der Waals surface area contributed by atoms with E-state index < -0.39 is 17.3 Å². The normalized spacial score (nSPS) is 13.8. The highest BCUT2D eigenvalue weighted by atomic mass is 79.9. The zero-order chi connectivity index (χ0) is 15.6. The molecule has 1 aromatic carbocycles.